The first-order valence-corrected chi connectivity index (χ1v) is 11.5. The molecule has 0 bridgehead atoms. The Labute approximate surface area is 173 Å². The first-order valence-electron chi connectivity index (χ1n) is 9.92. The van der Waals surface area contributed by atoms with Crippen LogP contribution in [0.25, 0.3) is 0 Å². The Morgan fingerprint density at radius 3 is 2.27 bits per heavy atom. The van der Waals surface area contributed by atoms with Crippen LogP contribution < -0.4 is 11.2 Å². The number of rotatable bonds is 9. The molecule has 2 unspecified atom stereocenters. The van der Waals surface area contributed by atoms with Gasteiger partial charge in [0, 0.05) is 12.6 Å². The summed E-state index contributed by atoms with van der Waals surface area (Å²) >= 11 is 0. The van der Waals surface area contributed by atoms with Gasteiger partial charge in [0.1, 0.15) is 18.3 Å². The van der Waals surface area contributed by atoms with Gasteiger partial charge in [0.2, 0.25) is 0 Å². The molecule has 0 spiro atoms. The van der Waals surface area contributed by atoms with Gasteiger partial charge in [-0.25, -0.2) is 4.79 Å². The van der Waals surface area contributed by atoms with Crippen LogP contribution in [-0.4, -0.2) is 59.4 Å². The van der Waals surface area contributed by atoms with Crippen LogP contribution in [0.4, 0.5) is 0 Å². The van der Waals surface area contributed by atoms with Crippen molar-refractivity contribution in [1.29, 1.82) is 0 Å². The summed E-state index contributed by atoms with van der Waals surface area (Å²) in [5, 5.41) is 29.2. The molecule has 0 radical (unpaired) electrons. The van der Waals surface area contributed by atoms with Crippen molar-refractivity contribution in [3.8, 4) is 0 Å². The van der Waals surface area contributed by atoms with Crippen LogP contribution >= 0.6 is 7.60 Å². The van der Waals surface area contributed by atoms with Crippen molar-refractivity contribution in [2.45, 2.75) is 88.7 Å². The monoisotopic (exact) mass is 450 g/mol. The SMILES string of the molecule is CCC(CC)(C[C@H]1O[C@@H](c2c[nH]c(=O)[nH]c2=O)[C@H](O)[C@@H]1O)OP(=O)(O)C(C)(O)CC. The molecular formula is C18H31N2O9P. The topological polar surface area (TPSA) is 182 Å². The summed E-state index contributed by atoms with van der Waals surface area (Å²) in [4.78, 5) is 38.0. The maximum absolute atomic E-state index is 12.7. The number of nitrogens with one attached hydrogen (secondary N) is 2. The van der Waals surface area contributed by atoms with Crippen LogP contribution in [0.3, 0.4) is 0 Å². The van der Waals surface area contributed by atoms with Crippen LogP contribution in [0.1, 0.15) is 65.0 Å². The van der Waals surface area contributed by atoms with Gasteiger partial charge in [-0.15, -0.1) is 0 Å². The first-order chi connectivity index (χ1) is 13.8. The standard InChI is InChI=1S/C18H31N2O9P/c1-5-17(4,25)30(26,27)29-18(6-2,7-3)8-11-12(21)13(22)14(28-11)10-9-19-16(24)20-15(10)23/h9,11-14,21-22,25H,5-8H2,1-4H3,(H,26,27)(H2,19,20,23,24)/t11-,12-,13-,14+,17?/m1/s1. The van der Waals surface area contributed by atoms with Crippen LogP contribution in [0, 0.1) is 0 Å². The lowest BCUT2D eigenvalue weighted by Crippen LogP contribution is -2.41. The number of ether oxygens (including phenoxy) is 1. The van der Waals surface area contributed by atoms with E-state index in [0.29, 0.717) is 0 Å². The predicted octanol–water partition coefficient (Wildman–Crippen LogP) is 0.494. The number of H-pyrrole nitrogens is 2. The molecule has 1 aromatic heterocycles. The third-order valence-corrected chi connectivity index (χ3v) is 8.14. The molecule has 1 aliphatic rings. The normalized spacial score (nSPS) is 28.8. The molecule has 2 heterocycles. The van der Waals surface area contributed by atoms with Gasteiger partial charge in [-0.1, -0.05) is 20.8 Å². The van der Waals surface area contributed by atoms with Gasteiger partial charge < -0.3 is 29.9 Å². The molecule has 0 aliphatic carbocycles. The smallest absolute Gasteiger partial charge is 0.359 e. The van der Waals surface area contributed by atoms with Crippen molar-refractivity contribution < 1.29 is 34.0 Å². The second kappa shape index (κ2) is 9.04. The Bertz CT molecular complexity index is 892. The number of hydrogen-bond donors (Lipinski definition) is 6. The molecule has 1 aromatic rings. The quantitative estimate of drug-likeness (QED) is 0.292. The van der Waals surface area contributed by atoms with E-state index >= 15 is 0 Å². The van der Waals surface area contributed by atoms with Gasteiger partial charge in [-0.05, 0) is 26.2 Å². The van der Waals surface area contributed by atoms with Crippen LogP contribution in [-0.2, 0) is 13.8 Å². The molecule has 1 aliphatic heterocycles. The highest BCUT2D eigenvalue weighted by Crippen LogP contribution is 2.59. The number of aliphatic hydroxyl groups is 3. The fourth-order valence-electron chi connectivity index (χ4n) is 3.44. The maximum atomic E-state index is 12.7. The van der Waals surface area contributed by atoms with Crippen LogP contribution in [0.15, 0.2) is 15.8 Å². The van der Waals surface area contributed by atoms with E-state index in [-0.39, 0.29) is 31.2 Å². The highest BCUT2D eigenvalue weighted by atomic mass is 31.2. The van der Waals surface area contributed by atoms with Gasteiger partial charge in [0.15, 0.2) is 5.34 Å². The molecule has 0 saturated carbocycles. The zero-order valence-corrected chi connectivity index (χ0v) is 18.4. The summed E-state index contributed by atoms with van der Waals surface area (Å²) in [6.45, 7) is 6.23. The summed E-state index contributed by atoms with van der Waals surface area (Å²) < 4.78 is 24.0. The molecule has 30 heavy (non-hydrogen) atoms. The third kappa shape index (κ3) is 4.77. The highest BCUT2D eigenvalue weighted by molar-refractivity contribution is 7.54. The Morgan fingerprint density at radius 1 is 1.17 bits per heavy atom. The Hall–Kier alpha value is -1.33. The van der Waals surface area contributed by atoms with E-state index in [1.54, 1.807) is 20.8 Å². The van der Waals surface area contributed by atoms with Crippen LogP contribution in [0.2, 0.25) is 0 Å². The highest BCUT2D eigenvalue weighted by Gasteiger charge is 2.51. The molecule has 0 aromatic carbocycles. The predicted molar refractivity (Wildman–Crippen MR) is 107 cm³/mol. The minimum Gasteiger partial charge on any atom is -0.388 e. The average molecular weight is 450 g/mol. The van der Waals surface area contributed by atoms with E-state index in [1.165, 1.54) is 6.92 Å². The van der Waals surface area contributed by atoms with E-state index in [9.17, 15) is 34.4 Å². The lowest BCUT2D eigenvalue weighted by atomic mass is 9.88. The van der Waals surface area contributed by atoms with Crippen molar-refractivity contribution in [3.63, 3.8) is 0 Å². The van der Waals surface area contributed by atoms with E-state index in [4.69, 9.17) is 9.26 Å². The molecule has 12 heteroatoms. The summed E-state index contributed by atoms with van der Waals surface area (Å²) in [6, 6.07) is 0. The van der Waals surface area contributed by atoms with Gasteiger partial charge in [0.05, 0.1) is 17.3 Å². The van der Waals surface area contributed by atoms with Gasteiger partial charge >= 0.3 is 13.3 Å². The Morgan fingerprint density at radius 2 is 1.77 bits per heavy atom. The molecule has 6 atom stereocenters. The molecule has 0 amide bonds. The minimum atomic E-state index is -4.47. The van der Waals surface area contributed by atoms with E-state index in [1.807, 2.05) is 4.98 Å². The summed E-state index contributed by atoms with van der Waals surface area (Å²) in [7, 11) is -4.47. The van der Waals surface area contributed by atoms with Gasteiger partial charge in [-0.2, -0.15) is 0 Å². The minimum absolute atomic E-state index is 0.0113. The number of hydrogen-bond acceptors (Lipinski definition) is 8. The number of aromatic nitrogens is 2. The molecule has 1 fully saturated rings. The maximum Gasteiger partial charge on any atom is 0.359 e. The molecular weight excluding hydrogens is 419 g/mol. The summed E-state index contributed by atoms with van der Waals surface area (Å²) in [6.07, 6.45) is -3.56. The zero-order valence-electron chi connectivity index (χ0n) is 17.5. The third-order valence-electron chi connectivity index (χ3n) is 5.97. The number of aromatic amines is 2. The Balaban J connectivity index is 2.30. The largest absolute Gasteiger partial charge is 0.388 e. The Kier molecular flexibility index (Phi) is 7.51. The van der Waals surface area contributed by atoms with Crippen molar-refractivity contribution in [2.24, 2.45) is 0 Å². The van der Waals surface area contributed by atoms with E-state index in [0.717, 1.165) is 6.20 Å². The molecule has 2 rings (SSSR count). The molecule has 11 nitrogen and oxygen atoms in total. The van der Waals surface area contributed by atoms with E-state index in [2.05, 4.69) is 4.98 Å². The van der Waals surface area contributed by atoms with Crippen molar-refractivity contribution >= 4 is 7.60 Å². The molecule has 172 valence electrons. The lowest BCUT2D eigenvalue weighted by molar-refractivity contribution is -0.0619. The number of aliphatic hydroxyl groups excluding tert-OH is 2. The van der Waals surface area contributed by atoms with Crippen molar-refractivity contribution in [1.82, 2.24) is 9.97 Å². The van der Waals surface area contributed by atoms with Crippen molar-refractivity contribution in [2.75, 3.05) is 0 Å². The first kappa shape index (κ1) is 24.9. The van der Waals surface area contributed by atoms with Crippen molar-refractivity contribution in [3.05, 3.63) is 32.6 Å². The summed E-state index contributed by atoms with van der Waals surface area (Å²) in [5.74, 6) is 0. The zero-order chi connectivity index (χ0) is 22.9. The second-order valence-electron chi connectivity index (χ2n) is 7.88. The molecule has 1 saturated heterocycles. The second-order valence-corrected chi connectivity index (χ2v) is 10.1. The van der Waals surface area contributed by atoms with Crippen LogP contribution in [0.5, 0.6) is 0 Å². The summed E-state index contributed by atoms with van der Waals surface area (Å²) in [5.41, 5.74) is -2.78. The van der Waals surface area contributed by atoms with E-state index < -0.39 is 54.2 Å². The average Bonchev–Trinajstić information content (AvgIpc) is 2.95. The van der Waals surface area contributed by atoms with Gasteiger partial charge in [-0.3, -0.25) is 18.9 Å². The molecule has 6 N–H and O–H groups in total. The fraction of sp³-hybridized carbons (Fsp3) is 0.778. The van der Waals surface area contributed by atoms with Gasteiger partial charge in [0.25, 0.3) is 5.56 Å². The lowest BCUT2D eigenvalue weighted by Gasteiger charge is -2.39. The fourth-order valence-corrected chi connectivity index (χ4v) is 4.89.